The number of aryl methyl sites for hydroxylation is 1. The number of ether oxygens (including phenoxy) is 1. The molecule has 7 rings (SSSR count). The predicted molar refractivity (Wildman–Crippen MR) is 163 cm³/mol. The molecule has 4 aromatic carbocycles. The van der Waals surface area contributed by atoms with Crippen molar-refractivity contribution < 1.29 is 9.84 Å². The predicted octanol–water partition coefficient (Wildman–Crippen LogP) is 8.98. The summed E-state index contributed by atoms with van der Waals surface area (Å²) in [6, 6.07) is 30.7. The fourth-order valence-electron chi connectivity index (χ4n) is 5.65. The third-order valence-electron chi connectivity index (χ3n) is 7.58. The van der Waals surface area contributed by atoms with Crippen LogP contribution < -0.4 is 4.74 Å². The van der Waals surface area contributed by atoms with Crippen molar-refractivity contribution in [3.8, 4) is 23.2 Å². The van der Waals surface area contributed by atoms with Crippen molar-refractivity contribution in [2.24, 2.45) is 0 Å². The Morgan fingerprint density at radius 1 is 0.750 bits per heavy atom. The zero-order chi connectivity index (χ0) is 27.6. The average molecular weight is 524 g/mol. The van der Waals surface area contributed by atoms with Gasteiger partial charge < -0.3 is 9.84 Å². The van der Waals surface area contributed by atoms with Crippen LogP contribution in [-0.4, -0.2) is 19.6 Å². The van der Waals surface area contributed by atoms with Gasteiger partial charge in [0.25, 0.3) is 0 Å². The summed E-state index contributed by atoms with van der Waals surface area (Å²) in [6.45, 7) is 8.55. The summed E-state index contributed by atoms with van der Waals surface area (Å²) in [4.78, 5) is 9.43. The van der Waals surface area contributed by atoms with Gasteiger partial charge in [-0.25, -0.2) is 9.97 Å². The Morgan fingerprint density at radius 3 is 2.27 bits per heavy atom. The molecule has 0 unspecified atom stereocenters. The summed E-state index contributed by atoms with van der Waals surface area (Å²) in [5, 5.41) is 16.2. The number of hydrogen-bond acceptors (Lipinski definition) is 4. The maximum atomic E-state index is 10.6. The lowest BCUT2D eigenvalue weighted by Gasteiger charge is -2.21. The molecule has 0 saturated carbocycles. The number of aromatic hydroxyl groups is 1. The topological polar surface area (TPSA) is 60.2 Å². The number of hydrogen-bond donors (Lipinski definition) is 1. The van der Waals surface area contributed by atoms with Crippen molar-refractivity contribution in [1.29, 1.82) is 0 Å². The highest BCUT2D eigenvalue weighted by molar-refractivity contribution is 6.13. The smallest absolute Gasteiger partial charge is 0.219 e. The number of phenolic OH excluding ortho intramolecular Hbond substituents is 1. The molecule has 0 fully saturated rings. The van der Waals surface area contributed by atoms with Gasteiger partial charge in [-0.2, -0.15) is 0 Å². The Kier molecular flexibility index (Phi) is 5.33. The van der Waals surface area contributed by atoms with E-state index in [4.69, 9.17) is 14.7 Å². The minimum Gasteiger partial charge on any atom is -0.506 e. The number of aromatic nitrogens is 3. The van der Waals surface area contributed by atoms with Gasteiger partial charge in [0.2, 0.25) is 5.88 Å². The summed E-state index contributed by atoms with van der Waals surface area (Å²) in [7, 11) is 0. The Bertz CT molecular complexity index is 2100. The van der Waals surface area contributed by atoms with Crippen LogP contribution in [0, 0.1) is 6.92 Å². The van der Waals surface area contributed by atoms with Crippen molar-refractivity contribution in [1.82, 2.24) is 14.5 Å². The molecule has 7 aromatic rings. The number of fused-ring (bicyclic) bond motifs is 5. The zero-order valence-corrected chi connectivity index (χ0v) is 22.9. The van der Waals surface area contributed by atoms with E-state index in [-0.39, 0.29) is 11.2 Å². The van der Waals surface area contributed by atoms with Crippen LogP contribution in [-0.2, 0) is 5.41 Å². The summed E-state index contributed by atoms with van der Waals surface area (Å²) in [5.41, 5.74) is 4.82. The lowest BCUT2D eigenvalue weighted by molar-refractivity contribution is 0.460. The third kappa shape index (κ3) is 3.93. The van der Waals surface area contributed by atoms with Crippen LogP contribution in [0.2, 0.25) is 0 Å². The quantitative estimate of drug-likeness (QED) is 0.251. The van der Waals surface area contributed by atoms with E-state index in [0.29, 0.717) is 17.1 Å². The highest BCUT2D eigenvalue weighted by atomic mass is 16.5. The lowest BCUT2D eigenvalue weighted by Crippen LogP contribution is -2.11. The molecule has 5 heteroatoms. The van der Waals surface area contributed by atoms with E-state index in [0.717, 1.165) is 44.1 Å². The molecule has 3 aromatic heterocycles. The molecule has 0 bridgehead atoms. The minimum absolute atomic E-state index is 0.0803. The first-order valence-corrected chi connectivity index (χ1v) is 13.5. The van der Waals surface area contributed by atoms with Gasteiger partial charge in [0.15, 0.2) is 0 Å². The highest BCUT2D eigenvalue weighted by Gasteiger charge is 2.20. The largest absolute Gasteiger partial charge is 0.506 e. The number of nitrogens with zero attached hydrogens (tertiary/aromatic N) is 3. The van der Waals surface area contributed by atoms with Gasteiger partial charge in [-0.15, -0.1) is 0 Å². The average Bonchev–Trinajstić information content (AvgIpc) is 3.24. The van der Waals surface area contributed by atoms with Gasteiger partial charge in [-0.3, -0.25) is 4.57 Å². The van der Waals surface area contributed by atoms with Crippen LogP contribution >= 0.6 is 0 Å². The zero-order valence-electron chi connectivity index (χ0n) is 22.9. The van der Waals surface area contributed by atoms with Crippen LogP contribution in [0.15, 0.2) is 97.2 Å². The van der Waals surface area contributed by atoms with Gasteiger partial charge in [-0.1, -0.05) is 51.1 Å². The second-order valence-corrected chi connectivity index (χ2v) is 11.5. The summed E-state index contributed by atoms with van der Waals surface area (Å²) < 4.78 is 8.51. The minimum atomic E-state index is -0.0803. The van der Waals surface area contributed by atoms with Gasteiger partial charge in [0.1, 0.15) is 22.8 Å². The molecule has 0 aliphatic heterocycles. The standard InChI is InChI=1S/C35H29N3O2/c1-21-15-16-36-32(17-21)38-29-19-23-8-6-5-7-22(23)18-27(29)25-10-9-24(20-30(25)38)40-33-14-11-26-28(35(2,3)4)12-13-31(39)34(26)37-33/h5-20,39H,1-4H3. The first kappa shape index (κ1) is 24.2. The Balaban J connectivity index is 1.41. The Labute approximate surface area is 232 Å². The van der Waals surface area contributed by atoms with Gasteiger partial charge in [0, 0.05) is 34.5 Å². The molecule has 40 heavy (non-hydrogen) atoms. The van der Waals surface area contributed by atoms with Crippen LogP contribution in [0.25, 0.3) is 49.3 Å². The Hall–Kier alpha value is -4.90. The third-order valence-corrected chi connectivity index (χ3v) is 7.58. The first-order valence-electron chi connectivity index (χ1n) is 13.5. The second-order valence-electron chi connectivity index (χ2n) is 11.5. The monoisotopic (exact) mass is 523 g/mol. The fourth-order valence-corrected chi connectivity index (χ4v) is 5.65. The molecule has 196 valence electrons. The molecule has 0 amide bonds. The molecule has 3 heterocycles. The molecule has 0 aliphatic rings. The maximum absolute atomic E-state index is 10.6. The molecule has 0 saturated heterocycles. The molecule has 1 N–H and O–H groups in total. The Morgan fingerprint density at radius 2 is 1.50 bits per heavy atom. The molecule has 0 radical (unpaired) electrons. The van der Waals surface area contributed by atoms with Crippen molar-refractivity contribution in [2.75, 3.05) is 0 Å². The normalized spacial score (nSPS) is 12.1. The molecule has 0 aliphatic carbocycles. The van der Waals surface area contributed by atoms with Crippen molar-refractivity contribution in [2.45, 2.75) is 33.1 Å². The van der Waals surface area contributed by atoms with Gasteiger partial charge in [-0.05, 0) is 82.8 Å². The lowest BCUT2D eigenvalue weighted by atomic mass is 9.84. The summed E-state index contributed by atoms with van der Waals surface area (Å²) in [5.74, 6) is 2.08. The molecule has 0 spiro atoms. The van der Waals surface area contributed by atoms with E-state index in [1.807, 2.05) is 42.6 Å². The number of benzene rings is 4. The van der Waals surface area contributed by atoms with Crippen molar-refractivity contribution in [3.05, 3.63) is 108 Å². The molecular weight excluding hydrogens is 494 g/mol. The van der Waals surface area contributed by atoms with E-state index < -0.39 is 0 Å². The summed E-state index contributed by atoms with van der Waals surface area (Å²) >= 11 is 0. The highest BCUT2D eigenvalue weighted by Crippen LogP contribution is 2.38. The van der Waals surface area contributed by atoms with Crippen molar-refractivity contribution in [3.63, 3.8) is 0 Å². The van der Waals surface area contributed by atoms with Crippen molar-refractivity contribution >= 4 is 43.5 Å². The molecule has 0 atom stereocenters. The molecular formula is C35H29N3O2. The van der Waals surface area contributed by atoms with Crippen LogP contribution in [0.1, 0.15) is 31.9 Å². The van der Waals surface area contributed by atoms with E-state index >= 15 is 0 Å². The number of pyridine rings is 2. The second kappa shape index (κ2) is 8.82. The fraction of sp³-hybridized carbons (Fsp3) is 0.143. The number of rotatable bonds is 3. The van der Waals surface area contributed by atoms with Crippen LogP contribution in [0.5, 0.6) is 17.4 Å². The number of phenols is 1. The molecule has 5 nitrogen and oxygen atoms in total. The van der Waals surface area contributed by atoms with Gasteiger partial charge in [0.05, 0.1) is 11.0 Å². The van der Waals surface area contributed by atoms with Gasteiger partial charge >= 0.3 is 0 Å². The van der Waals surface area contributed by atoms with E-state index in [1.165, 1.54) is 10.8 Å². The maximum Gasteiger partial charge on any atom is 0.219 e. The summed E-state index contributed by atoms with van der Waals surface area (Å²) in [6.07, 6.45) is 1.85. The van der Waals surface area contributed by atoms with E-state index in [2.05, 4.69) is 80.8 Å². The van der Waals surface area contributed by atoms with E-state index in [9.17, 15) is 5.11 Å². The van der Waals surface area contributed by atoms with E-state index in [1.54, 1.807) is 6.07 Å². The van der Waals surface area contributed by atoms with Crippen LogP contribution in [0.4, 0.5) is 0 Å². The SMILES string of the molecule is Cc1ccnc(-n2c3cc(Oc4ccc5c(C(C)(C)C)ccc(O)c5n4)ccc3c3cc4ccccc4cc32)c1. The van der Waals surface area contributed by atoms with Crippen LogP contribution in [0.3, 0.4) is 0 Å². The first-order chi connectivity index (χ1) is 19.3.